The van der Waals surface area contributed by atoms with E-state index in [4.69, 9.17) is 11.6 Å². The van der Waals surface area contributed by atoms with Crippen LogP contribution in [0, 0.1) is 0 Å². The minimum atomic E-state index is -3.73. The molecule has 0 saturated carbocycles. The molecule has 1 unspecified atom stereocenters. The van der Waals surface area contributed by atoms with E-state index in [0.717, 1.165) is 22.0 Å². The summed E-state index contributed by atoms with van der Waals surface area (Å²) in [6, 6.07) is 2.61. The molecule has 2 N–H and O–H groups in total. The van der Waals surface area contributed by atoms with Crippen LogP contribution in [0.15, 0.2) is 21.7 Å². The minimum Gasteiger partial charge on any atom is -0.347 e. The van der Waals surface area contributed by atoms with Crippen LogP contribution < -0.4 is 10.0 Å². The molecule has 0 aromatic carbocycles. The molecule has 0 fully saturated rings. The maximum absolute atomic E-state index is 12.0. The third-order valence-electron chi connectivity index (χ3n) is 3.09. The summed E-state index contributed by atoms with van der Waals surface area (Å²) in [5, 5.41) is 5.64. The SMILES string of the molecule is CC(C)c1nc(C(C)NC(=O)CNS(=O)(=O)c2ccc(Cl)s2)cs1. The molecule has 1 amide bonds. The zero-order valence-corrected chi connectivity index (χ0v) is 16.6. The van der Waals surface area contributed by atoms with Crippen LogP contribution in [0.1, 0.15) is 43.4 Å². The van der Waals surface area contributed by atoms with Crippen molar-refractivity contribution in [2.45, 2.75) is 36.9 Å². The summed E-state index contributed by atoms with van der Waals surface area (Å²) in [5.74, 6) is -0.0936. The van der Waals surface area contributed by atoms with Crippen LogP contribution in [0.2, 0.25) is 4.34 Å². The number of nitrogens with zero attached hydrogens (tertiary/aromatic N) is 1. The van der Waals surface area contributed by atoms with E-state index < -0.39 is 15.9 Å². The lowest BCUT2D eigenvalue weighted by Gasteiger charge is -2.12. The Balaban J connectivity index is 1.90. The van der Waals surface area contributed by atoms with Crippen LogP contribution in [-0.2, 0) is 14.8 Å². The summed E-state index contributed by atoms with van der Waals surface area (Å²) >= 11 is 8.21. The number of thiophene rings is 1. The lowest BCUT2D eigenvalue weighted by Crippen LogP contribution is -2.37. The Morgan fingerprint density at radius 1 is 1.33 bits per heavy atom. The van der Waals surface area contributed by atoms with Gasteiger partial charge < -0.3 is 5.32 Å². The first-order valence-corrected chi connectivity index (χ1v) is 10.7. The van der Waals surface area contributed by atoms with Gasteiger partial charge in [-0.05, 0) is 19.1 Å². The first kappa shape index (κ1) is 19.3. The third-order valence-corrected chi connectivity index (χ3v) is 7.38. The molecule has 24 heavy (non-hydrogen) atoms. The van der Waals surface area contributed by atoms with Gasteiger partial charge in [-0.25, -0.2) is 18.1 Å². The molecule has 6 nitrogen and oxygen atoms in total. The monoisotopic (exact) mass is 407 g/mol. The average molecular weight is 408 g/mol. The second-order valence-electron chi connectivity index (χ2n) is 5.44. The summed E-state index contributed by atoms with van der Waals surface area (Å²) in [6.07, 6.45) is 0. The normalized spacial score (nSPS) is 13.2. The van der Waals surface area contributed by atoms with Crippen LogP contribution in [-0.4, -0.2) is 25.9 Å². The molecular formula is C14H18ClN3O3S3. The zero-order chi connectivity index (χ0) is 17.9. The predicted molar refractivity (Wildman–Crippen MR) is 97.3 cm³/mol. The topological polar surface area (TPSA) is 88.2 Å². The summed E-state index contributed by atoms with van der Waals surface area (Å²) < 4.78 is 26.8. The van der Waals surface area contributed by atoms with E-state index in [1.807, 2.05) is 12.3 Å². The quantitative estimate of drug-likeness (QED) is 0.737. The van der Waals surface area contributed by atoms with E-state index >= 15 is 0 Å². The summed E-state index contributed by atoms with van der Waals surface area (Å²) in [4.78, 5) is 16.4. The molecule has 2 aromatic heterocycles. The fourth-order valence-electron chi connectivity index (χ4n) is 1.81. The van der Waals surface area contributed by atoms with E-state index in [1.54, 1.807) is 11.3 Å². The average Bonchev–Trinajstić information content (AvgIpc) is 3.14. The van der Waals surface area contributed by atoms with Crippen molar-refractivity contribution in [1.82, 2.24) is 15.0 Å². The van der Waals surface area contributed by atoms with Gasteiger partial charge in [0.15, 0.2) is 0 Å². The number of hydrogen-bond acceptors (Lipinski definition) is 6. The summed E-state index contributed by atoms with van der Waals surface area (Å²) in [7, 11) is -3.73. The lowest BCUT2D eigenvalue weighted by molar-refractivity contribution is -0.120. The van der Waals surface area contributed by atoms with Crippen molar-refractivity contribution in [2.75, 3.05) is 6.54 Å². The molecule has 2 heterocycles. The van der Waals surface area contributed by atoms with E-state index in [0.29, 0.717) is 10.3 Å². The number of carbonyl (C=O) groups excluding carboxylic acids is 1. The van der Waals surface area contributed by atoms with Crippen LogP contribution in [0.4, 0.5) is 0 Å². The fourth-order valence-corrected chi connectivity index (χ4v) is 5.24. The molecule has 0 aliphatic carbocycles. The zero-order valence-electron chi connectivity index (χ0n) is 13.4. The second kappa shape index (κ2) is 7.92. The Bertz CT molecular complexity index is 814. The predicted octanol–water partition coefficient (Wildman–Crippen LogP) is 3.14. The largest absolute Gasteiger partial charge is 0.347 e. The van der Waals surface area contributed by atoms with Crippen LogP contribution in [0.3, 0.4) is 0 Å². The maximum atomic E-state index is 12.0. The maximum Gasteiger partial charge on any atom is 0.250 e. The Hall–Kier alpha value is -1.000. The summed E-state index contributed by atoms with van der Waals surface area (Å²) in [6.45, 7) is 5.57. The van der Waals surface area contributed by atoms with Gasteiger partial charge in [0.1, 0.15) is 4.21 Å². The number of sulfonamides is 1. The number of carbonyl (C=O) groups is 1. The number of thiazole rings is 1. The van der Waals surface area contributed by atoms with Gasteiger partial charge in [0.05, 0.1) is 27.6 Å². The van der Waals surface area contributed by atoms with Crippen LogP contribution in [0.25, 0.3) is 0 Å². The van der Waals surface area contributed by atoms with Gasteiger partial charge >= 0.3 is 0 Å². The first-order valence-electron chi connectivity index (χ1n) is 7.18. The highest BCUT2D eigenvalue weighted by molar-refractivity contribution is 7.91. The van der Waals surface area contributed by atoms with Gasteiger partial charge in [-0.3, -0.25) is 4.79 Å². The van der Waals surface area contributed by atoms with Crippen molar-refractivity contribution in [3.63, 3.8) is 0 Å². The van der Waals surface area contributed by atoms with Gasteiger partial charge in [0, 0.05) is 11.3 Å². The number of halogens is 1. The van der Waals surface area contributed by atoms with Gasteiger partial charge in [-0.1, -0.05) is 25.4 Å². The number of nitrogens with one attached hydrogen (secondary N) is 2. The fraction of sp³-hybridized carbons (Fsp3) is 0.429. The molecule has 0 aliphatic heterocycles. The van der Waals surface area contributed by atoms with Gasteiger partial charge in [-0.15, -0.1) is 22.7 Å². The molecule has 0 saturated heterocycles. The van der Waals surface area contributed by atoms with Gasteiger partial charge in [0.25, 0.3) is 10.0 Å². The second-order valence-corrected chi connectivity index (χ2v) is 10.0. The number of amides is 1. The van der Waals surface area contributed by atoms with Gasteiger partial charge in [0.2, 0.25) is 5.91 Å². The Morgan fingerprint density at radius 3 is 2.58 bits per heavy atom. The van der Waals surface area contributed by atoms with Crippen molar-refractivity contribution in [2.24, 2.45) is 0 Å². The van der Waals surface area contributed by atoms with Crippen molar-refractivity contribution in [3.8, 4) is 0 Å². The van der Waals surface area contributed by atoms with E-state index in [1.165, 1.54) is 12.1 Å². The minimum absolute atomic E-state index is 0.0782. The van der Waals surface area contributed by atoms with E-state index in [9.17, 15) is 13.2 Å². The highest BCUT2D eigenvalue weighted by Gasteiger charge is 2.19. The Kier molecular flexibility index (Phi) is 6.38. The Morgan fingerprint density at radius 2 is 2.04 bits per heavy atom. The molecular weight excluding hydrogens is 390 g/mol. The molecule has 0 spiro atoms. The highest BCUT2D eigenvalue weighted by atomic mass is 35.5. The highest BCUT2D eigenvalue weighted by Crippen LogP contribution is 2.25. The van der Waals surface area contributed by atoms with Crippen molar-refractivity contribution < 1.29 is 13.2 Å². The number of rotatable bonds is 7. The molecule has 10 heteroatoms. The number of hydrogen-bond donors (Lipinski definition) is 2. The number of aromatic nitrogens is 1. The van der Waals surface area contributed by atoms with Crippen LogP contribution in [0.5, 0.6) is 0 Å². The van der Waals surface area contributed by atoms with Crippen molar-refractivity contribution in [1.29, 1.82) is 0 Å². The molecule has 132 valence electrons. The van der Waals surface area contributed by atoms with E-state index in [-0.39, 0.29) is 16.8 Å². The van der Waals surface area contributed by atoms with Gasteiger partial charge in [-0.2, -0.15) is 0 Å². The van der Waals surface area contributed by atoms with Crippen LogP contribution >= 0.6 is 34.3 Å². The molecule has 2 aromatic rings. The summed E-state index contributed by atoms with van der Waals surface area (Å²) in [5.41, 5.74) is 0.768. The third kappa shape index (κ3) is 5.00. The molecule has 1 atom stereocenters. The standard InChI is InChI=1S/C14H18ClN3O3S3/c1-8(2)14-18-10(7-22-14)9(3)17-12(19)6-16-24(20,21)13-5-4-11(15)23-13/h4-5,7-9,16H,6H2,1-3H3,(H,17,19). The van der Waals surface area contributed by atoms with E-state index in [2.05, 4.69) is 28.9 Å². The lowest BCUT2D eigenvalue weighted by atomic mass is 10.2. The first-order chi connectivity index (χ1) is 11.2. The van der Waals surface area contributed by atoms with Crippen molar-refractivity contribution >= 4 is 50.2 Å². The Labute approximate surface area is 154 Å². The molecule has 0 aliphatic rings. The van der Waals surface area contributed by atoms with Crippen molar-refractivity contribution in [3.05, 3.63) is 32.6 Å². The molecule has 0 bridgehead atoms. The smallest absolute Gasteiger partial charge is 0.250 e. The molecule has 2 rings (SSSR count). The molecule has 0 radical (unpaired) electrons.